The first kappa shape index (κ1) is 21.8. The normalized spacial score (nSPS) is 14.8. The second-order valence-electron chi connectivity index (χ2n) is 8.45. The van der Waals surface area contributed by atoms with Crippen LogP contribution in [0.2, 0.25) is 0 Å². The van der Waals surface area contributed by atoms with E-state index in [-0.39, 0.29) is 24.2 Å². The van der Waals surface area contributed by atoms with Gasteiger partial charge in [0, 0.05) is 11.6 Å². The monoisotopic (exact) mass is 427 g/mol. The van der Waals surface area contributed by atoms with Gasteiger partial charge in [0.2, 0.25) is 11.8 Å². The highest BCUT2D eigenvalue weighted by Gasteiger charge is 2.21. The lowest BCUT2D eigenvalue weighted by Gasteiger charge is -2.20. The molecule has 0 saturated heterocycles. The molecule has 32 heavy (non-hydrogen) atoms. The fourth-order valence-corrected chi connectivity index (χ4v) is 4.27. The van der Waals surface area contributed by atoms with Gasteiger partial charge in [-0.3, -0.25) is 9.59 Å². The predicted molar refractivity (Wildman–Crippen MR) is 130 cm³/mol. The summed E-state index contributed by atoms with van der Waals surface area (Å²) in [5.74, 6) is 0.0873. The highest BCUT2D eigenvalue weighted by Crippen LogP contribution is 2.25. The minimum atomic E-state index is -0.155. The summed E-state index contributed by atoms with van der Waals surface area (Å²) in [6.45, 7) is 1.85. The molecule has 1 aliphatic carbocycles. The molecule has 0 unspecified atom stereocenters. The van der Waals surface area contributed by atoms with E-state index >= 15 is 0 Å². The van der Waals surface area contributed by atoms with E-state index in [2.05, 4.69) is 15.8 Å². The van der Waals surface area contributed by atoms with E-state index in [0.717, 1.165) is 53.3 Å². The number of carbonyl (C=O) groups is 2. The van der Waals surface area contributed by atoms with Crippen LogP contribution in [-0.4, -0.2) is 17.5 Å². The number of anilines is 1. The molecule has 0 bridgehead atoms. The van der Waals surface area contributed by atoms with E-state index in [0.29, 0.717) is 5.71 Å². The molecule has 4 rings (SSSR count). The van der Waals surface area contributed by atoms with Crippen molar-refractivity contribution in [2.24, 2.45) is 11.0 Å². The molecule has 1 aliphatic rings. The first-order valence-corrected chi connectivity index (χ1v) is 11.3. The van der Waals surface area contributed by atoms with Crippen molar-refractivity contribution >= 4 is 34.0 Å². The van der Waals surface area contributed by atoms with E-state index in [1.165, 1.54) is 6.42 Å². The van der Waals surface area contributed by atoms with Crippen molar-refractivity contribution < 1.29 is 9.59 Å². The van der Waals surface area contributed by atoms with Crippen LogP contribution < -0.4 is 10.7 Å². The van der Waals surface area contributed by atoms with Crippen molar-refractivity contribution in [1.29, 1.82) is 0 Å². The Morgan fingerprint density at radius 2 is 1.62 bits per heavy atom. The molecule has 0 aliphatic heterocycles. The van der Waals surface area contributed by atoms with E-state index in [9.17, 15) is 9.59 Å². The third-order valence-electron chi connectivity index (χ3n) is 6.13. The Bertz CT molecular complexity index is 1120. The maximum atomic E-state index is 12.5. The quantitative estimate of drug-likeness (QED) is 0.406. The molecule has 0 spiro atoms. The van der Waals surface area contributed by atoms with Gasteiger partial charge in [-0.05, 0) is 53.8 Å². The fraction of sp³-hybridized carbons (Fsp3) is 0.296. The van der Waals surface area contributed by atoms with Gasteiger partial charge in [-0.15, -0.1) is 0 Å². The van der Waals surface area contributed by atoms with E-state index in [1.54, 1.807) is 0 Å². The van der Waals surface area contributed by atoms with Crippen molar-refractivity contribution in [1.82, 2.24) is 5.43 Å². The Morgan fingerprint density at radius 1 is 0.906 bits per heavy atom. The number of carbonyl (C=O) groups excluding carboxylic acids is 2. The van der Waals surface area contributed by atoms with Crippen LogP contribution in [0.3, 0.4) is 0 Å². The summed E-state index contributed by atoms with van der Waals surface area (Å²) in [5, 5.41) is 9.48. The van der Waals surface area contributed by atoms with Crippen molar-refractivity contribution in [2.75, 3.05) is 5.32 Å². The first-order chi connectivity index (χ1) is 15.6. The average molecular weight is 428 g/mol. The number of rotatable bonds is 6. The van der Waals surface area contributed by atoms with Crippen LogP contribution in [0.1, 0.15) is 50.2 Å². The fourth-order valence-electron chi connectivity index (χ4n) is 4.27. The number of amides is 2. The number of hydrogen-bond donors (Lipinski definition) is 2. The lowest BCUT2D eigenvalue weighted by Crippen LogP contribution is -2.24. The maximum Gasteiger partial charge on any atom is 0.244 e. The second kappa shape index (κ2) is 10.2. The summed E-state index contributed by atoms with van der Waals surface area (Å²) in [6, 6.07) is 21.6. The minimum Gasteiger partial charge on any atom is -0.326 e. The molecule has 164 valence electrons. The standard InChI is InChI=1S/C27H29N3O2/c1-19(20-14-16-24(17-15-20)28-27(32)22-9-3-2-4-10-22)29-30-26(31)18-23-12-7-11-21-8-5-6-13-25(21)23/h5-8,11-17,22H,2-4,9-10,18H2,1H3,(H,28,32)(H,30,31)/b29-19-. The number of nitrogens with zero attached hydrogens (tertiary/aromatic N) is 1. The Balaban J connectivity index is 1.34. The Morgan fingerprint density at radius 3 is 2.41 bits per heavy atom. The van der Waals surface area contributed by atoms with Gasteiger partial charge in [0.15, 0.2) is 0 Å². The van der Waals surface area contributed by atoms with Crippen LogP contribution in [0.25, 0.3) is 10.8 Å². The topological polar surface area (TPSA) is 70.6 Å². The summed E-state index contributed by atoms with van der Waals surface area (Å²) >= 11 is 0. The highest BCUT2D eigenvalue weighted by molar-refractivity contribution is 6.00. The van der Waals surface area contributed by atoms with Gasteiger partial charge in [0.25, 0.3) is 0 Å². The van der Waals surface area contributed by atoms with Gasteiger partial charge in [-0.25, -0.2) is 5.43 Å². The smallest absolute Gasteiger partial charge is 0.244 e. The van der Waals surface area contributed by atoms with E-state index in [4.69, 9.17) is 0 Å². The highest BCUT2D eigenvalue weighted by atomic mass is 16.2. The number of nitrogens with one attached hydrogen (secondary N) is 2. The summed E-state index contributed by atoms with van der Waals surface area (Å²) in [4.78, 5) is 24.9. The van der Waals surface area contributed by atoms with Crippen molar-refractivity contribution in [3.63, 3.8) is 0 Å². The van der Waals surface area contributed by atoms with Crippen LogP contribution in [0.4, 0.5) is 5.69 Å². The molecule has 0 aromatic heterocycles. The van der Waals surface area contributed by atoms with Gasteiger partial charge >= 0.3 is 0 Å². The zero-order valence-electron chi connectivity index (χ0n) is 18.4. The summed E-state index contributed by atoms with van der Waals surface area (Å²) in [5.41, 5.74) is 6.03. The minimum absolute atomic E-state index is 0.114. The van der Waals surface area contributed by atoms with Gasteiger partial charge in [-0.2, -0.15) is 5.10 Å². The number of benzene rings is 3. The van der Waals surface area contributed by atoms with E-state index < -0.39 is 0 Å². The lowest BCUT2D eigenvalue weighted by atomic mass is 9.88. The van der Waals surface area contributed by atoms with Crippen molar-refractivity contribution in [3.8, 4) is 0 Å². The van der Waals surface area contributed by atoms with Crippen molar-refractivity contribution in [3.05, 3.63) is 77.9 Å². The number of fused-ring (bicyclic) bond motifs is 1. The zero-order valence-corrected chi connectivity index (χ0v) is 18.4. The molecule has 5 heteroatoms. The van der Waals surface area contributed by atoms with Gasteiger partial charge in [0.05, 0.1) is 12.1 Å². The molecule has 3 aromatic rings. The SMILES string of the molecule is C/C(=N/NC(=O)Cc1cccc2ccccc12)c1ccc(NC(=O)C2CCCCC2)cc1. The van der Waals surface area contributed by atoms with Crippen LogP contribution in [-0.2, 0) is 16.0 Å². The van der Waals surface area contributed by atoms with Crippen LogP contribution in [0.5, 0.6) is 0 Å². The molecule has 2 amide bonds. The molecular weight excluding hydrogens is 398 g/mol. The lowest BCUT2D eigenvalue weighted by molar-refractivity contribution is -0.121. The molecule has 3 aromatic carbocycles. The van der Waals surface area contributed by atoms with Gasteiger partial charge in [0.1, 0.15) is 0 Å². The summed E-state index contributed by atoms with van der Waals surface area (Å²) < 4.78 is 0. The maximum absolute atomic E-state index is 12.5. The second-order valence-corrected chi connectivity index (χ2v) is 8.45. The van der Waals surface area contributed by atoms with Gasteiger partial charge < -0.3 is 5.32 Å². The molecular formula is C27H29N3O2. The molecule has 1 saturated carbocycles. The van der Waals surface area contributed by atoms with Gasteiger partial charge in [-0.1, -0.05) is 73.9 Å². The molecule has 2 N–H and O–H groups in total. The van der Waals surface area contributed by atoms with Crippen LogP contribution in [0, 0.1) is 5.92 Å². The Hall–Kier alpha value is -3.47. The molecule has 0 heterocycles. The summed E-state index contributed by atoms with van der Waals surface area (Å²) in [6.07, 6.45) is 5.74. The Labute approximate surface area is 188 Å². The third-order valence-corrected chi connectivity index (χ3v) is 6.13. The average Bonchev–Trinajstić information content (AvgIpc) is 2.84. The Kier molecular flexibility index (Phi) is 6.95. The molecule has 0 radical (unpaired) electrons. The largest absolute Gasteiger partial charge is 0.326 e. The number of hydrazone groups is 1. The molecule has 5 nitrogen and oxygen atoms in total. The van der Waals surface area contributed by atoms with E-state index in [1.807, 2.05) is 73.7 Å². The summed E-state index contributed by atoms with van der Waals surface area (Å²) in [7, 11) is 0. The number of hydrogen-bond acceptors (Lipinski definition) is 3. The van der Waals surface area contributed by atoms with Crippen LogP contribution >= 0.6 is 0 Å². The molecule has 1 fully saturated rings. The van der Waals surface area contributed by atoms with Crippen molar-refractivity contribution in [2.45, 2.75) is 45.4 Å². The molecule has 0 atom stereocenters. The third kappa shape index (κ3) is 5.41. The first-order valence-electron chi connectivity index (χ1n) is 11.3. The van der Waals surface area contributed by atoms with Crippen LogP contribution in [0.15, 0.2) is 71.8 Å². The predicted octanol–water partition coefficient (Wildman–Crippen LogP) is 5.44. The zero-order chi connectivity index (χ0) is 22.3.